The number of carbonyl (C=O) groups excluding carboxylic acids is 2. The van der Waals surface area contributed by atoms with Gasteiger partial charge >= 0.3 is 0 Å². The van der Waals surface area contributed by atoms with Crippen molar-refractivity contribution in [3.8, 4) is 0 Å². The number of non-ortho nitro benzene ring substituents is 1. The minimum Gasteiger partial charge on any atom is -0.326 e. The van der Waals surface area contributed by atoms with Crippen molar-refractivity contribution >= 4 is 45.8 Å². The molecule has 172 valence electrons. The Balaban J connectivity index is 1.53. The molecule has 0 saturated carbocycles. The number of nitro groups is 1. The van der Waals surface area contributed by atoms with Crippen LogP contribution in [0.15, 0.2) is 77.9 Å². The summed E-state index contributed by atoms with van der Waals surface area (Å²) in [5, 5.41) is 13.4. The second kappa shape index (κ2) is 10.3. The SMILES string of the molecule is Cc1cccc(N=C2SC(CC(=O)Nc3cccc([N+](=O)[O-])c3)C(=O)N2Cc2ccccn2)c1. The van der Waals surface area contributed by atoms with E-state index in [9.17, 15) is 19.7 Å². The normalized spacial score (nSPS) is 16.6. The van der Waals surface area contributed by atoms with Gasteiger partial charge in [0.15, 0.2) is 5.17 Å². The van der Waals surface area contributed by atoms with Gasteiger partial charge in [0.2, 0.25) is 11.8 Å². The highest BCUT2D eigenvalue weighted by Crippen LogP contribution is 2.33. The molecule has 10 heteroatoms. The smallest absolute Gasteiger partial charge is 0.271 e. The number of hydrogen-bond acceptors (Lipinski definition) is 7. The molecule has 2 aromatic carbocycles. The van der Waals surface area contributed by atoms with Gasteiger partial charge in [0, 0.05) is 30.4 Å². The average molecular weight is 476 g/mol. The summed E-state index contributed by atoms with van der Waals surface area (Å²) in [5.41, 5.74) is 2.63. The Morgan fingerprint density at radius 3 is 2.74 bits per heavy atom. The average Bonchev–Trinajstić information content (AvgIpc) is 3.08. The van der Waals surface area contributed by atoms with E-state index in [1.165, 1.54) is 30.0 Å². The summed E-state index contributed by atoms with van der Waals surface area (Å²) in [4.78, 5) is 46.8. The van der Waals surface area contributed by atoms with Crippen molar-refractivity contribution in [3.05, 3.63) is 94.3 Å². The number of thioether (sulfide) groups is 1. The number of amides is 2. The zero-order chi connectivity index (χ0) is 24.1. The van der Waals surface area contributed by atoms with Crippen LogP contribution in [0.25, 0.3) is 0 Å². The molecule has 0 spiro atoms. The van der Waals surface area contributed by atoms with E-state index in [2.05, 4.69) is 15.3 Å². The molecule has 1 N–H and O–H groups in total. The van der Waals surface area contributed by atoms with Crippen LogP contribution >= 0.6 is 11.8 Å². The quantitative estimate of drug-likeness (QED) is 0.398. The fraction of sp³-hybridized carbons (Fsp3) is 0.167. The van der Waals surface area contributed by atoms with Crippen molar-refractivity contribution in [1.29, 1.82) is 0 Å². The fourth-order valence-electron chi connectivity index (χ4n) is 3.41. The van der Waals surface area contributed by atoms with E-state index >= 15 is 0 Å². The van der Waals surface area contributed by atoms with Crippen LogP contribution in [0.2, 0.25) is 0 Å². The molecule has 2 amide bonds. The molecule has 34 heavy (non-hydrogen) atoms. The van der Waals surface area contributed by atoms with Gasteiger partial charge in [-0.05, 0) is 42.8 Å². The Morgan fingerprint density at radius 2 is 2.00 bits per heavy atom. The highest BCUT2D eigenvalue weighted by Gasteiger charge is 2.39. The zero-order valence-electron chi connectivity index (χ0n) is 18.2. The van der Waals surface area contributed by atoms with Gasteiger partial charge < -0.3 is 5.32 Å². The summed E-state index contributed by atoms with van der Waals surface area (Å²) in [6.07, 6.45) is 1.56. The minimum atomic E-state index is -0.675. The number of amidine groups is 1. The van der Waals surface area contributed by atoms with Crippen LogP contribution in [-0.2, 0) is 16.1 Å². The van der Waals surface area contributed by atoms with Crippen LogP contribution in [0.5, 0.6) is 0 Å². The lowest BCUT2D eigenvalue weighted by molar-refractivity contribution is -0.384. The molecule has 4 rings (SSSR count). The molecule has 1 fully saturated rings. The van der Waals surface area contributed by atoms with Gasteiger partial charge in [0.05, 0.1) is 22.8 Å². The van der Waals surface area contributed by atoms with Gasteiger partial charge in [-0.2, -0.15) is 0 Å². The van der Waals surface area contributed by atoms with E-state index < -0.39 is 16.1 Å². The van der Waals surface area contributed by atoms with E-state index in [0.717, 1.165) is 5.56 Å². The van der Waals surface area contributed by atoms with Gasteiger partial charge in [-0.25, -0.2) is 4.99 Å². The summed E-state index contributed by atoms with van der Waals surface area (Å²) in [5.74, 6) is -0.655. The number of aromatic nitrogens is 1. The number of nitrogens with zero attached hydrogens (tertiary/aromatic N) is 4. The molecule has 1 aromatic heterocycles. The van der Waals surface area contributed by atoms with E-state index in [1.54, 1.807) is 23.2 Å². The highest BCUT2D eigenvalue weighted by molar-refractivity contribution is 8.15. The van der Waals surface area contributed by atoms with Crippen molar-refractivity contribution in [3.63, 3.8) is 0 Å². The summed E-state index contributed by atoms with van der Waals surface area (Å²) in [6, 6.07) is 18.8. The van der Waals surface area contributed by atoms with E-state index in [1.807, 2.05) is 43.3 Å². The predicted octanol–water partition coefficient (Wildman–Crippen LogP) is 4.46. The Labute approximate surface area is 200 Å². The number of aliphatic imine (C=N–C) groups is 1. The van der Waals surface area contributed by atoms with Crippen molar-refractivity contribution in [2.24, 2.45) is 4.99 Å². The maximum atomic E-state index is 13.2. The number of hydrogen-bond donors (Lipinski definition) is 1. The third-order valence-electron chi connectivity index (χ3n) is 5.00. The van der Waals surface area contributed by atoms with E-state index in [-0.39, 0.29) is 24.6 Å². The molecule has 0 bridgehead atoms. The second-order valence-corrected chi connectivity index (χ2v) is 8.81. The largest absolute Gasteiger partial charge is 0.326 e. The number of benzene rings is 2. The lowest BCUT2D eigenvalue weighted by atomic mass is 10.2. The van der Waals surface area contributed by atoms with Crippen LogP contribution < -0.4 is 5.32 Å². The summed E-state index contributed by atoms with van der Waals surface area (Å²) in [7, 11) is 0. The van der Waals surface area contributed by atoms with Gasteiger partial charge in [-0.3, -0.25) is 29.6 Å². The molecule has 0 radical (unpaired) electrons. The van der Waals surface area contributed by atoms with Gasteiger partial charge in [0.1, 0.15) is 5.25 Å². The summed E-state index contributed by atoms with van der Waals surface area (Å²) in [6.45, 7) is 2.20. The number of pyridine rings is 1. The standard InChI is InChI=1S/C24H21N5O4S/c1-16-6-4-8-17(12-16)27-24-28(15-19-7-2-3-11-25-19)23(31)21(34-24)14-22(30)26-18-9-5-10-20(13-18)29(32)33/h2-13,21H,14-15H2,1H3,(H,26,30). The van der Waals surface area contributed by atoms with Crippen LogP contribution in [0.4, 0.5) is 17.1 Å². The first kappa shape index (κ1) is 23.1. The number of nitrogens with one attached hydrogen (secondary N) is 1. The van der Waals surface area contributed by atoms with Crippen LogP contribution in [0.1, 0.15) is 17.7 Å². The van der Waals surface area contributed by atoms with Gasteiger partial charge in [0.25, 0.3) is 5.69 Å². The molecule has 1 unspecified atom stereocenters. The lowest BCUT2D eigenvalue weighted by Crippen LogP contribution is -2.33. The number of aryl methyl sites for hydroxylation is 1. The Bertz CT molecular complexity index is 1260. The summed E-state index contributed by atoms with van der Waals surface area (Å²) < 4.78 is 0. The van der Waals surface area contributed by atoms with Crippen molar-refractivity contribution < 1.29 is 14.5 Å². The molecule has 9 nitrogen and oxygen atoms in total. The molecule has 2 heterocycles. The third kappa shape index (κ3) is 5.65. The number of rotatable bonds is 7. The number of carbonyl (C=O) groups is 2. The predicted molar refractivity (Wildman–Crippen MR) is 131 cm³/mol. The van der Waals surface area contributed by atoms with Crippen molar-refractivity contribution in [2.45, 2.75) is 25.1 Å². The monoisotopic (exact) mass is 475 g/mol. The van der Waals surface area contributed by atoms with Gasteiger partial charge in [-0.15, -0.1) is 0 Å². The molecule has 1 atom stereocenters. The molecular weight excluding hydrogens is 454 g/mol. The Hall–Kier alpha value is -4.05. The molecule has 1 saturated heterocycles. The second-order valence-electron chi connectivity index (χ2n) is 7.65. The minimum absolute atomic E-state index is 0.0995. The highest BCUT2D eigenvalue weighted by atomic mass is 32.2. The van der Waals surface area contributed by atoms with Crippen LogP contribution in [0.3, 0.4) is 0 Å². The fourth-order valence-corrected chi connectivity index (χ4v) is 4.57. The number of anilines is 1. The maximum absolute atomic E-state index is 13.2. The molecule has 3 aromatic rings. The molecule has 1 aliphatic rings. The Morgan fingerprint density at radius 1 is 1.18 bits per heavy atom. The zero-order valence-corrected chi connectivity index (χ0v) is 19.1. The Kier molecular flexibility index (Phi) is 6.98. The lowest BCUT2D eigenvalue weighted by Gasteiger charge is -2.16. The summed E-state index contributed by atoms with van der Waals surface area (Å²) >= 11 is 1.22. The first-order valence-corrected chi connectivity index (χ1v) is 11.3. The topological polar surface area (TPSA) is 118 Å². The first-order valence-electron chi connectivity index (χ1n) is 10.5. The van der Waals surface area contributed by atoms with Gasteiger partial charge in [-0.1, -0.05) is 36.0 Å². The molecule has 1 aliphatic heterocycles. The van der Waals surface area contributed by atoms with Crippen molar-refractivity contribution in [2.75, 3.05) is 5.32 Å². The van der Waals surface area contributed by atoms with E-state index in [0.29, 0.717) is 22.2 Å². The van der Waals surface area contributed by atoms with E-state index in [4.69, 9.17) is 0 Å². The third-order valence-corrected chi connectivity index (χ3v) is 6.18. The maximum Gasteiger partial charge on any atom is 0.271 e. The molecule has 0 aliphatic carbocycles. The van der Waals surface area contributed by atoms with Crippen LogP contribution in [0, 0.1) is 17.0 Å². The molecular formula is C24H21N5O4S. The number of nitro benzene ring substituents is 1. The van der Waals surface area contributed by atoms with Crippen molar-refractivity contribution in [1.82, 2.24) is 9.88 Å². The van der Waals surface area contributed by atoms with Crippen LogP contribution in [-0.4, -0.2) is 37.0 Å². The first-order chi connectivity index (χ1) is 16.4.